The van der Waals surface area contributed by atoms with Crippen molar-refractivity contribution in [3.63, 3.8) is 0 Å². The first-order valence-corrected chi connectivity index (χ1v) is 6.76. The maximum atomic E-state index is 11.6. The molecule has 0 spiro atoms. The Morgan fingerprint density at radius 1 is 1.18 bits per heavy atom. The summed E-state index contributed by atoms with van der Waals surface area (Å²) in [6.07, 6.45) is 1.61. The first-order valence-electron chi connectivity index (χ1n) is 6.38. The van der Waals surface area contributed by atoms with Crippen LogP contribution in [0.5, 0.6) is 0 Å². The number of benzene rings is 1. The fourth-order valence-corrected chi connectivity index (χ4v) is 2.27. The lowest BCUT2D eigenvalue weighted by atomic mass is 10.2. The average Bonchev–Trinajstić information content (AvgIpc) is 3.16. The molecule has 4 aromatic rings. The summed E-state index contributed by atoms with van der Waals surface area (Å²) in [5.41, 5.74) is 1.47. The highest BCUT2D eigenvalue weighted by atomic mass is 35.5. The Bertz CT molecular complexity index is 1020. The standard InChI is InChI=1S/C14H8ClN5O2/c15-9-5-3-8(4-6-9)11-16-13(22-19-11)10-2-1-7-20-12(10)17-18-14(20)21/h1-7H,(H,18,21). The van der Waals surface area contributed by atoms with E-state index < -0.39 is 0 Å². The maximum Gasteiger partial charge on any atom is 0.347 e. The topological polar surface area (TPSA) is 89.1 Å². The molecule has 4 rings (SSSR count). The van der Waals surface area contributed by atoms with Gasteiger partial charge in [-0.25, -0.2) is 14.3 Å². The van der Waals surface area contributed by atoms with E-state index in [9.17, 15) is 4.79 Å². The first kappa shape index (κ1) is 12.8. The van der Waals surface area contributed by atoms with Gasteiger partial charge in [0.1, 0.15) is 0 Å². The normalized spacial score (nSPS) is 11.1. The lowest BCUT2D eigenvalue weighted by Gasteiger charge is -1.96. The summed E-state index contributed by atoms with van der Waals surface area (Å²) in [4.78, 5) is 15.9. The fraction of sp³-hybridized carbons (Fsp3) is 0. The predicted molar refractivity (Wildman–Crippen MR) is 79.6 cm³/mol. The third kappa shape index (κ3) is 1.99. The van der Waals surface area contributed by atoms with Gasteiger partial charge in [-0.05, 0) is 36.4 Å². The summed E-state index contributed by atoms with van der Waals surface area (Å²) < 4.78 is 6.67. The van der Waals surface area contributed by atoms with Crippen LogP contribution < -0.4 is 5.69 Å². The quantitative estimate of drug-likeness (QED) is 0.613. The van der Waals surface area contributed by atoms with Crippen LogP contribution in [0, 0.1) is 0 Å². The van der Waals surface area contributed by atoms with Crippen LogP contribution in [-0.2, 0) is 0 Å². The molecule has 22 heavy (non-hydrogen) atoms. The van der Waals surface area contributed by atoms with Gasteiger partial charge in [-0.3, -0.25) is 0 Å². The molecule has 0 aliphatic heterocycles. The largest absolute Gasteiger partial charge is 0.347 e. The molecule has 7 nitrogen and oxygen atoms in total. The first-order chi connectivity index (χ1) is 10.7. The van der Waals surface area contributed by atoms with E-state index in [0.717, 1.165) is 5.56 Å². The molecule has 0 radical (unpaired) electrons. The zero-order valence-corrected chi connectivity index (χ0v) is 11.8. The van der Waals surface area contributed by atoms with Crippen molar-refractivity contribution in [3.05, 3.63) is 58.1 Å². The van der Waals surface area contributed by atoms with E-state index >= 15 is 0 Å². The van der Waals surface area contributed by atoms with Crippen molar-refractivity contribution in [2.75, 3.05) is 0 Å². The van der Waals surface area contributed by atoms with Crippen molar-refractivity contribution in [1.29, 1.82) is 0 Å². The lowest BCUT2D eigenvalue weighted by molar-refractivity contribution is 0.432. The van der Waals surface area contributed by atoms with Crippen LogP contribution in [-0.4, -0.2) is 24.7 Å². The molecule has 0 aliphatic carbocycles. The Balaban J connectivity index is 1.83. The Morgan fingerprint density at radius 2 is 2.00 bits per heavy atom. The van der Waals surface area contributed by atoms with Gasteiger partial charge in [0.15, 0.2) is 5.65 Å². The number of H-pyrrole nitrogens is 1. The Hall–Kier alpha value is -2.93. The number of aromatic nitrogens is 5. The van der Waals surface area contributed by atoms with Gasteiger partial charge >= 0.3 is 5.69 Å². The van der Waals surface area contributed by atoms with Gasteiger partial charge in [-0.15, -0.1) is 0 Å². The third-order valence-electron chi connectivity index (χ3n) is 3.20. The molecule has 3 aromatic heterocycles. The highest BCUT2D eigenvalue weighted by Crippen LogP contribution is 2.24. The van der Waals surface area contributed by atoms with Gasteiger partial charge in [0, 0.05) is 16.8 Å². The van der Waals surface area contributed by atoms with Crippen LogP contribution in [0.2, 0.25) is 5.02 Å². The Kier molecular flexibility index (Phi) is 2.80. The van der Waals surface area contributed by atoms with Crippen molar-refractivity contribution >= 4 is 17.2 Å². The summed E-state index contributed by atoms with van der Waals surface area (Å²) in [7, 11) is 0. The van der Waals surface area contributed by atoms with Crippen LogP contribution >= 0.6 is 11.6 Å². The molecule has 1 N–H and O–H groups in total. The van der Waals surface area contributed by atoms with Crippen molar-refractivity contribution in [2.45, 2.75) is 0 Å². The van der Waals surface area contributed by atoms with Crippen LogP contribution in [0.25, 0.3) is 28.5 Å². The minimum atomic E-state index is -0.325. The summed E-state index contributed by atoms with van der Waals surface area (Å²) in [5.74, 6) is 0.723. The number of hydrogen-bond acceptors (Lipinski definition) is 5. The Morgan fingerprint density at radius 3 is 2.82 bits per heavy atom. The number of nitrogens with zero attached hydrogens (tertiary/aromatic N) is 4. The molecule has 0 atom stereocenters. The van der Waals surface area contributed by atoms with E-state index in [2.05, 4.69) is 20.3 Å². The van der Waals surface area contributed by atoms with E-state index in [1.54, 1.807) is 42.6 Å². The van der Waals surface area contributed by atoms with Crippen molar-refractivity contribution in [1.82, 2.24) is 24.7 Å². The van der Waals surface area contributed by atoms with E-state index in [4.69, 9.17) is 16.1 Å². The summed E-state index contributed by atoms with van der Waals surface area (Å²) in [6, 6.07) is 10.6. The summed E-state index contributed by atoms with van der Waals surface area (Å²) in [5, 5.41) is 10.9. The number of pyridine rings is 1. The number of halogens is 1. The zero-order valence-electron chi connectivity index (χ0n) is 11.0. The predicted octanol–water partition coefficient (Wildman–Crippen LogP) is 2.39. The number of nitrogens with one attached hydrogen (secondary N) is 1. The molecule has 0 unspecified atom stereocenters. The maximum absolute atomic E-state index is 11.6. The molecule has 0 aliphatic rings. The molecule has 0 saturated carbocycles. The van der Waals surface area contributed by atoms with Crippen LogP contribution in [0.3, 0.4) is 0 Å². The van der Waals surface area contributed by atoms with E-state index in [-0.39, 0.29) is 11.6 Å². The number of aromatic amines is 1. The second-order valence-corrected chi connectivity index (χ2v) is 5.01. The van der Waals surface area contributed by atoms with Gasteiger partial charge in [0.25, 0.3) is 5.89 Å². The molecule has 0 amide bonds. The van der Waals surface area contributed by atoms with Crippen molar-refractivity contribution in [3.8, 4) is 22.8 Å². The van der Waals surface area contributed by atoms with E-state index in [1.165, 1.54) is 4.40 Å². The minimum absolute atomic E-state index is 0.287. The molecule has 3 heterocycles. The fourth-order valence-electron chi connectivity index (χ4n) is 2.15. The van der Waals surface area contributed by atoms with E-state index in [0.29, 0.717) is 22.1 Å². The van der Waals surface area contributed by atoms with E-state index in [1.807, 2.05) is 0 Å². The Labute approximate surface area is 128 Å². The summed E-state index contributed by atoms with van der Waals surface area (Å²) in [6.45, 7) is 0. The second kappa shape index (κ2) is 4.81. The van der Waals surface area contributed by atoms with Gasteiger partial charge < -0.3 is 4.52 Å². The lowest BCUT2D eigenvalue weighted by Crippen LogP contribution is -2.08. The van der Waals surface area contributed by atoms with Crippen molar-refractivity contribution < 1.29 is 4.52 Å². The average molecular weight is 314 g/mol. The number of fused-ring (bicyclic) bond motifs is 1. The SMILES string of the molecule is O=c1[nH]nc2c(-c3nc(-c4ccc(Cl)cc4)no3)cccn12. The molecule has 0 bridgehead atoms. The minimum Gasteiger partial charge on any atom is -0.333 e. The van der Waals surface area contributed by atoms with Gasteiger partial charge in [-0.1, -0.05) is 16.8 Å². The molecule has 8 heteroatoms. The highest BCUT2D eigenvalue weighted by molar-refractivity contribution is 6.30. The smallest absolute Gasteiger partial charge is 0.333 e. The highest BCUT2D eigenvalue weighted by Gasteiger charge is 2.15. The van der Waals surface area contributed by atoms with Crippen LogP contribution in [0.4, 0.5) is 0 Å². The molecule has 108 valence electrons. The van der Waals surface area contributed by atoms with Crippen molar-refractivity contribution in [2.24, 2.45) is 0 Å². The monoisotopic (exact) mass is 313 g/mol. The second-order valence-electron chi connectivity index (χ2n) is 4.57. The molecule has 0 saturated heterocycles. The van der Waals surface area contributed by atoms with Crippen LogP contribution in [0.15, 0.2) is 51.9 Å². The zero-order chi connectivity index (χ0) is 15.1. The number of rotatable bonds is 2. The summed E-state index contributed by atoms with van der Waals surface area (Å²) >= 11 is 5.86. The third-order valence-corrected chi connectivity index (χ3v) is 3.45. The van der Waals surface area contributed by atoms with Crippen LogP contribution in [0.1, 0.15) is 0 Å². The molecular formula is C14H8ClN5O2. The van der Waals surface area contributed by atoms with Gasteiger partial charge in [0.2, 0.25) is 5.82 Å². The molecule has 1 aromatic carbocycles. The van der Waals surface area contributed by atoms with Gasteiger partial charge in [0.05, 0.1) is 5.56 Å². The number of hydrogen-bond donors (Lipinski definition) is 1. The van der Waals surface area contributed by atoms with Gasteiger partial charge in [-0.2, -0.15) is 10.1 Å². The molecular weight excluding hydrogens is 306 g/mol. The molecule has 0 fully saturated rings.